The maximum absolute atomic E-state index is 3.77. The summed E-state index contributed by atoms with van der Waals surface area (Å²) in [6, 6.07) is 1.73. The fraction of sp³-hybridized carbons (Fsp3) is 1.00. The average Bonchev–Trinajstić information content (AvgIpc) is 3.12. The molecule has 0 aromatic heterocycles. The SMILES string of the molecule is CC1CCN(CCNC2CCN(C3CC3)C2)CC1. The Labute approximate surface area is 112 Å². The van der Waals surface area contributed by atoms with Gasteiger partial charge in [0.25, 0.3) is 0 Å². The first-order chi connectivity index (χ1) is 8.81. The Morgan fingerprint density at radius 2 is 1.78 bits per heavy atom. The summed E-state index contributed by atoms with van der Waals surface area (Å²) in [7, 11) is 0. The first kappa shape index (κ1) is 12.9. The Bertz CT molecular complexity index is 256. The highest BCUT2D eigenvalue weighted by atomic mass is 15.2. The van der Waals surface area contributed by atoms with Gasteiger partial charge in [0.2, 0.25) is 0 Å². The summed E-state index contributed by atoms with van der Waals surface area (Å²) in [5.41, 5.74) is 0. The molecule has 3 fully saturated rings. The van der Waals surface area contributed by atoms with Crippen LogP contribution in [0, 0.1) is 5.92 Å². The minimum absolute atomic E-state index is 0.773. The van der Waals surface area contributed by atoms with E-state index in [0.29, 0.717) is 0 Å². The summed E-state index contributed by atoms with van der Waals surface area (Å²) in [4.78, 5) is 5.33. The van der Waals surface area contributed by atoms with Crippen molar-refractivity contribution in [3.8, 4) is 0 Å². The predicted molar refractivity (Wildman–Crippen MR) is 75.8 cm³/mol. The topological polar surface area (TPSA) is 18.5 Å². The second-order valence-electron chi connectivity index (χ2n) is 6.69. The van der Waals surface area contributed by atoms with Gasteiger partial charge in [0, 0.05) is 38.3 Å². The fourth-order valence-electron chi connectivity index (χ4n) is 3.44. The number of hydrogen-bond acceptors (Lipinski definition) is 3. The highest BCUT2D eigenvalue weighted by Crippen LogP contribution is 2.29. The van der Waals surface area contributed by atoms with E-state index in [0.717, 1.165) is 18.0 Å². The van der Waals surface area contributed by atoms with E-state index in [2.05, 4.69) is 22.0 Å². The van der Waals surface area contributed by atoms with Crippen LogP contribution in [0.25, 0.3) is 0 Å². The molecule has 3 nitrogen and oxygen atoms in total. The quantitative estimate of drug-likeness (QED) is 0.800. The number of hydrogen-bond donors (Lipinski definition) is 1. The standard InChI is InChI=1S/C15H29N3/c1-13-4-8-17(9-5-13)11-7-16-14-6-10-18(12-14)15-2-3-15/h13-16H,2-12H2,1H3. The summed E-state index contributed by atoms with van der Waals surface area (Å²) < 4.78 is 0. The molecule has 0 amide bonds. The highest BCUT2D eigenvalue weighted by Gasteiger charge is 2.34. The zero-order valence-corrected chi connectivity index (χ0v) is 11.9. The van der Waals surface area contributed by atoms with Gasteiger partial charge in [-0.25, -0.2) is 0 Å². The van der Waals surface area contributed by atoms with E-state index in [1.807, 2.05) is 0 Å². The normalized spacial score (nSPS) is 32.2. The predicted octanol–water partition coefficient (Wildman–Crippen LogP) is 1.54. The van der Waals surface area contributed by atoms with Gasteiger partial charge in [-0.3, -0.25) is 4.90 Å². The van der Waals surface area contributed by atoms with Crippen molar-refractivity contribution in [3.63, 3.8) is 0 Å². The van der Waals surface area contributed by atoms with Gasteiger partial charge in [0.1, 0.15) is 0 Å². The molecular weight excluding hydrogens is 222 g/mol. The van der Waals surface area contributed by atoms with Crippen molar-refractivity contribution < 1.29 is 0 Å². The molecule has 1 unspecified atom stereocenters. The number of nitrogens with zero attached hydrogens (tertiary/aromatic N) is 2. The largest absolute Gasteiger partial charge is 0.311 e. The maximum Gasteiger partial charge on any atom is 0.0207 e. The van der Waals surface area contributed by atoms with Crippen LogP contribution in [-0.4, -0.2) is 61.2 Å². The molecular formula is C15H29N3. The molecule has 0 bridgehead atoms. The van der Waals surface area contributed by atoms with Crippen LogP contribution in [0.5, 0.6) is 0 Å². The van der Waals surface area contributed by atoms with Crippen molar-refractivity contribution in [1.82, 2.24) is 15.1 Å². The van der Waals surface area contributed by atoms with Crippen LogP contribution in [0.1, 0.15) is 39.0 Å². The van der Waals surface area contributed by atoms with Gasteiger partial charge in [-0.05, 0) is 51.1 Å². The van der Waals surface area contributed by atoms with Crippen LogP contribution in [0.3, 0.4) is 0 Å². The van der Waals surface area contributed by atoms with E-state index in [1.54, 1.807) is 0 Å². The van der Waals surface area contributed by atoms with Gasteiger partial charge in [-0.2, -0.15) is 0 Å². The lowest BCUT2D eigenvalue weighted by atomic mass is 9.99. The Balaban J connectivity index is 1.28. The smallest absolute Gasteiger partial charge is 0.0207 e. The monoisotopic (exact) mass is 251 g/mol. The Morgan fingerprint density at radius 1 is 1.00 bits per heavy atom. The number of nitrogens with one attached hydrogen (secondary N) is 1. The van der Waals surface area contributed by atoms with Crippen molar-refractivity contribution in [2.75, 3.05) is 39.3 Å². The molecule has 1 aliphatic carbocycles. The summed E-state index contributed by atoms with van der Waals surface area (Å²) >= 11 is 0. The van der Waals surface area contributed by atoms with Crippen molar-refractivity contribution in [1.29, 1.82) is 0 Å². The average molecular weight is 251 g/mol. The molecule has 0 aromatic rings. The molecule has 18 heavy (non-hydrogen) atoms. The molecule has 1 saturated carbocycles. The molecule has 0 aromatic carbocycles. The third-order valence-corrected chi connectivity index (χ3v) is 5.02. The van der Waals surface area contributed by atoms with Crippen LogP contribution >= 0.6 is 0 Å². The Kier molecular flexibility index (Phi) is 4.22. The van der Waals surface area contributed by atoms with Crippen molar-refractivity contribution >= 4 is 0 Å². The molecule has 3 rings (SSSR count). The van der Waals surface area contributed by atoms with E-state index in [-0.39, 0.29) is 0 Å². The maximum atomic E-state index is 3.77. The van der Waals surface area contributed by atoms with Crippen molar-refractivity contribution in [2.45, 2.75) is 51.1 Å². The Morgan fingerprint density at radius 3 is 2.50 bits per heavy atom. The third kappa shape index (κ3) is 3.46. The van der Waals surface area contributed by atoms with E-state index in [4.69, 9.17) is 0 Å². The van der Waals surface area contributed by atoms with Crippen molar-refractivity contribution in [2.24, 2.45) is 5.92 Å². The highest BCUT2D eigenvalue weighted by molar-refractivity contribution is 4.91. The van der Waals surface area contributed by atoms with Gasteiger partial charge < -0.3 is 10.2 Å². The van der Waals surface area contributed by atoms with E-state index < -0.39 is 0 Å². The van der Waals surface area contributed by atoms with E-state index >= 15 is 0 Å². The summed E-state index contributed by atoms with van der Waals surface area (Å²) in [5.74, 6) is 0.955. The first-order valence-electron chi connectivity index (χ1n) is 8.01. The lowest BCUT2D eigenvalue weighted by Crippen LogP contribution is -2.41. The lowest BCUT2D eigenvalue weighted by molar-refractivity contribution is 0.191. The van der Waals surface area contributed by atoms with Crippen LogP contribution < -0.4 is 5.32 Å². The van der Waals surface area contributed by atoms with Crippen LogP contribution in [-0.2, 0) is 0 Å². The molecule has 0 spiro atoms. The minimum atomic E-state index is 0.773. The number of likely N-dealkylation sites (tertiary alicyclic amines) is 2. The zero-order chi connectivity index (χ0) is 12.4. The fourth-order valence-corrected chi connectivity index (χ4v) is 3.44. The molecule has 0 radical (unpaired) electrons. The van der Waals surface area contributed by atoms with Gasteiger partial charge >= 0.3 is 0 Å². The van der Waals surface area contributed by atoms with Gasteiger partial charge in [0.15, 0.2) is 0 Å². The van der Waals surface area contributed by atoms with Crippen LogP contribution in [0.4, 0.5) is 0 Å². The minimum Gasteiger partial charge on any atom is -0.311 e. The van der Waals surface area contributed by atoms with E-state index in [1.165, 1.54) is 71.4 Å². The molecule has 1 N–H and O–H groups in total. The molecule has 3 heteroatoms. The Hall–Kier alpha value is -0.120. The molecule has 1 atom stereocenters. The second kappa shape index (κ2) is 5.89. The lowest BCUT2D eigenvalue weighted by Gasteiger charge is -2.30. The molecule has 2 saturated heterocycles. The molecule has 2 heterocycles. The van der Waals surface area contributed by atoms with Crippen molar-refractivity contribution in [3.05, 3.63) is 0 Å². The van der Waals surface area contributed by atoms with E-state index in [9.17, 15) is 0 Å². The summed E-state index contributed by atoms with van der Waals surface area (Å²) in [6.45, 7) is 10.1. The number of piperidine rings is 1. The first-order valence-corrected chi connectivity index (χ1v) is 8.01. The molecule has 104 valence electrons. The molecule has 3 aliphatic rings. The van der Waals surface area contributed by atoms with Gasteiger partial charge in [-0.1, -0.05) is 6.92 Å². The van der Waals surface area contributed by atoms with Gasteiger partial charge in [-0.15, -0.1) is 0 Å². The number of rotatable bonds is 5. The zero-order valence-electron chi connectivity index (χ0n) is 11.9. The summed E-state index contributed by atoms with van der Waals surface area (Å²) in [6.07, 6.45) is 7.09. The second-order valence-corrected chi connectivity index (χ2v) is 6.69. The third-order valence-electron chi connectivity index (χ3n) is 5.02. The summed E-state index contributed by atoms with van der Waals surface area (Å²) in [5, 5.41) is 3.77. The van der Waals surface area contributed by atoms with Crippen LogP contribution in [0.2, 0.25) is 0 Å². The molecule has 2 aliphatic heterocycles. The van der Waals surface area contributed by atoms with Gasteiger partial charge in [0.05, 0.1) is 0 Å². The van der Waals surface area contributed by atoms with Crippen LogP contribution in [0.15, 0.2) is 0 Å².